The predicted molar refractivity (Wildman–Crippen MR) is 99.6 cm³/mol. The van der Waals surface area contributed by atoms with Crippen LogP contribution in [0, 0.1) is 0 Å². The lowest BCUT2D eigenvalue weighted by molar-refractivity contribution is -0.192. The van der Waals surface area contributed by atoms with Crippen molar-refractivity contribution in [2.75, 3.05) is 13.3 Å². The number of aliphatic hydroxyl groups is 1. The highest BCUT2D eigenvalue weighted by molar-refractivity contribution is 5.95. The van der Waals surface area contributed by atoms with Gasteiger partial charge >= 0.3 is 12.1 Å². The Morgan fingerprint density at radius 2 is 1.77 bits per heavy atom. The predicted octanol–water partition coefficient (Wildman–Crippen LogP) is 2.26. The first kappa shape index (κ1) is 22.3. The molecule has 4 rings (SSSR count). The van der Waals surface area contributed by atoms with Crippen molar-refractivity contribution in [1.29, 1.82) is 0 Å². The molecular weight excluding hydrogens is 421 g/mol. The number of halogens is 3. The molecular formula is C20H19F3N2O6. The summed E-state index contributed by atoms with van der Waals surface area (Å²) in [6, 6.07) is 8.79. The zero-order chi connectivity index (χ0) is 22.6. The molecule has 2 N–H and O–H groups in total. The van der Waals surface area contributed by atoms with Gasteiger partial charge in [0.2, 0.25) is 6.79 Å². The van der Waals surface area contributed by atoms with Gasteiger partial charge in [0.1, 0.15) is 0 Å². The number of carboxylic acids is 1. The van der Waals surface area contributed by atoms with Gasteiger partial charge in [-0.05, 0) is 48.7 Å². The van der Waals surface area contributed by atoms with Crippen LogP contribution in [0.1, 0.15) is 22.3 Å². The third kappa shape index (κ3) is 5.43. The van der Waals surface area contributed by atoms with Crippen LogP contribution in [0.4, 0.5) is 13.2 Å². The summed E-state index contributed by atoms with van der Waals surface area (Å²) in [5.74, 6) is -1.61. The molecule has 1 aromatic heterocycles. The Morgan fingerprint density at radius 1 is 1.13 bits per heavy atom. The van der Waals surface area contributed by atoms with Gasteiger partial charge in [-0.3, -0.25) is 9.78 Å². The fraction of sp³-hybridized carbons (Fsp3) is 0.350. The molecule has 0 unspecified atom stereocenters. The molecule has 31 heavy (non-hydrogen) atoms. The van der Waals surface area contributed by atoms with E-state index in [0.717, 1.165) is 5.56 Å². The lowest BCUT2D eigenvalue weighted by Gasteiger charge is -2.26. The highest BCUT2D eigenvalue weighted by atomic mass is 19.4. The van der Waals surface area contributed by atoms with Crippen LogP contribution < -0.4 is 9.47 Å². The number of rotatable bonds is 3. The minimum Gasteiger partial charge on any atom is -0.475 e. The van der Waals surface area contributed by atoms with Crippen molar-refractivity contribution in [1.82, 2.24) is 9.88 Å². The van der Waals surface area contributed by atoms with Gasteiger partial charge in [0.25, 0.3) is 5.91 Å². The van der Waals surface area contributed by atoms with Crippen molar-refractivity contribution in [2.24, 2.45) is 0 Å². The van der Waals surface area contributed by atoms with Crippen molar-refractivity contribution >= 4 is 11.9 Å². The van der Waals surface area contributed by atoms with E-state index in [0.29, 0.717) is 36.4 Å². The van der Waals surface area contributed by atoms with Gasteiger partial charge in [0.05, 0.1) is 12.1 Å². The second kappa shape index (κ2) is 9.21. The molecule has 2 aromatic rings. The highest BCUT2D eigenvalue weighted by Gasteiger charge is 2.38. The lowest BCUT2D eigenvalue weighted by Crippen LogP contribution is -2.41. The fourth-order valence-corrected chi connectivity index (χ4v) is 3.29. The summed E-state index contributed by atoms with van der Waals surface area (Å²) < 4.78 is 42.4. The number of benzene rings is 1. The van der Waals surface area contributed by atoms with Gasteiger partial charge in [0.15, 0.2) is 11.5 Å². The number of carbonyl (C=O) groups is 2. The van der Waals surface area contributed by atoms with Gasteiger partial charge < -0.3 is 24.6 Å². The zero-order valence-corrected chi connectivity index (χ0v) is 16.1. The highest BCUT2D eigenvalue weighted by Crippen LogP contribution is 2.33. The third-order valence-corrected chi connectivity index (χ3v) is 4.83. The number of hydrogen-bond donors (Lipinski definition) is 2. The molecule has 0 radical (unpaired) electrons. The lowest BCUT2D eigenvalue weighted by atomic mass is 10.0. The van der Waals surface area contributed by atoms with E-state index in [1.54, 1.807) is 35.5 Å². The number of carbonyl (C=O) groups excluding carboxylic acids is 1. The van der Waals surface area contributed by atoms with Crippen molar-refractivity contribution in [3.8, 4) is 11.5 Å². The van der Waals surface area contributed by atoms with E-state index in [9.17, 15) is 23.1 Å². The smallest absolute Gasteiger partial charge is 0.475 e. The maximum Gasteiger partial charge on any atom is 0.490 e. The summed E-state index contributed by atoms with van der Waals surface area (Å²) in [4.78, 5) is 27.6. The van der Waals surface area contributed by atoms with E-state index in [-0.39, 0.29) is 18.7 Å². The molecule has 11 heteroatoms. The number of aromatic nitrogens is 1. The van der Waals surface area contributed by atoms with Gasteiger partial charge in [-0.25, -0.2) is 4.79 Å². The van der Waals surface area contributed by atoms with E-state index >= 15 is 0 Å². The van der Waals surface area contributed by atoms with Crippen molar-refractivity contribution < 1.29 is 42.4 Å². The van der Waals surface area contributed by atoms with E-state index in [1.807, 2.05) is 12.1 Å². The first-order valence-corrected chi connectivity index (χ1v) is 9.24. The maximum absolute atomic E-state index is 12.9. The largest absolute Gasteiger partial charge is 0.490 e. The molecule has 1 saturated heterocycles. The molecule has 8 nitrogen and oxygen atoms in total. The quantitative estimate of drug-likeness (QED) is 0.754. The number of alkyl halides is 3. The first-order valence-electron chi connectivity index (χ1n) is 9.24. The number of ether oxygens (including phenoxy) is 2. The molecule has 0 saturated carbocycles. The third-order valence-electron chi connectivity index (χ3n) is 4.83. The number of hydrogen-bond acceptors (Lipinski definition) is 6. The van der Waals surface area contributed by atoms with Crippen LogP contribution in [0.5, 0.6) is 11.5 Å². The van der Waals surface area contributed by atoms with E-state index in [1.165, 1.54) is 0 Å². The molecule has 1 amide bonds. The summed E-state index contributed by atoms with van der Waals surface area (Å²) in [6.45, 7) is 0.726. The topological polar surface area (TPSA) is 109 Å². The number of amides is 1. The van der Waals surface area contributed by atoms with Gasteiger partial charge in [-0.1, -0.05) is 0 Å². The number of likely N-dealkylation sites (tertiary alicyclic amines) is 1. The second-order valence-corrected chi connectivity index (χ2v) is 6.85. The van der Waals surface area contributed by atoms with Crippen LogP contribution >= 0.6 is 0 Å². The molecule has 2 aliphatic rings. The van der Waals surface area contributed by atoms with Crippen LogP contribution in [-0.2, 0) is 11.2 Å². The Bertz CT molecular complexity index is 938. The molecule has 0 spiro atoms. The molecule has 1 aromatic carbocycles. The number of nitrogens with zero attached hydrogens (tertiary/aromatic N) is 2. The minimum absolute atomic E-state index is 0.0936. The number of aliphatic hydroxyl groups excluding tert-OH is 1. The van der Waals surface area contributed by atoms with Crippen LogP contribution in [0.2, 0.25) is 0 Å². The minimum atomic E-state index is -5.08. The SMILES string of the molecule is O=C(O)C(F)(F)F.O=C(c1ccc2c(c1)OCO2)N1CC[C@H](O)[C@@H]1Cc1ccncc1. The van der Waals surface area contributed by atoms with E-state index in [4.69, 9.17) is 19.4 Å². The number of aliphatic carboxylic acids is 1. The van der Waals surface area contributed by atoms with Gasteiger partial charge in [-0.15, -0.1) is 0 Å². The maximum atomic E-state index is 12.9. The number of fused-ring (bicyclic) bond motifs is 1. The standard InChI is InChI=1S/C18H18N2O4.C2HF3O2/c21-15-5-8-20(14(15)9-12-3-6-19-7-4-12)18(22)13-1-2-16-17(10-13)24-11-23-16;3-2(4,5)1(6)7/h1-4,6-7,10,14-15,21H,5,8-9,11H2;(H,6,7)/t14-,15-;/m0./s1. The normalized spacial score (nSPS) is 19.5. The Hall–Kier alpha value is -3.34. The molecule has 0 aliphatic carbocycles. The first-order chi connectivity index (χ1) is 14.7. The molecule has 0 bridgehead atoms. The summed E-state index contributed by atoms with van der Waals surface area (Å²) in [6.07, 6.45) is -0.955. The Kier molecular flexibility index (Phi) is 6.64. The molecule has 3 heterocycles. The van der Waals surface area contributed by atoms with Crippen molar-refractivity contribution in [2.45, 2.75) is 31.2 Å². The molecule has 2 aliphatic heterocycles. The number of carboxylic acid groups (broad SMARTS) is 1. The summed E-state index contributed by atoms with van der Waals surface area (Å²) in [5, 5.41) is 17.4. The average Bonchev–Trinajstić information content (AvgIpc) is 3.34. The second-order valence-electron chi connectivity index (χ2n) is 6.85. The van der Waals surface area contributed by atoms with Crippen molar-refractivity contribution in [3.05, 3.63) is 53.9 Å². The Labute approximate surface area is 174 Å². The van der Waals surface area contributed by atoms with Crippen LogP contribution in [0.25, 0.3) is 0 Å². The molecule has 2 atom stereocenters. The van der Waals surface area contributed by atoms with E-state index < -0.39 is 18.2 Å². The fourth-order valence-electron chi connectivity index (χ4n) is 3.29. The van der Waals surface area contributed by atoms with E-state index in [2.05, 4.69) is 4.98 Å². The summed E-state index contributed by atoms with van der Waals surface area (Å²) in [7, 11) is 0. The summed E-state index contributed by atoms with van der Waals surface area (Å²) in [5.41, 5.74) is 1.60. The number of pyridine rings is 1. The Morgan fingerprint density at radius 3 is 2.42 bits per heavy atom. The zero-order valence-electron chi connectivity index (χ0n) is 16.1. The van der Waals surface area contributed by atoms with Gasteiger partial charge in [-0.2, -0.15) is 13.2 Å². The average molecular weight is 440 g/mol. The molecule has 166 valence electrons. The summed E-state index contributed by atoms with van der Waals surface area (Å²) >= 11 is 0. The molecule has 1 fully saturated rings. The monoisotopic (exact) mass is 440 g/mol. The van der Waals surface area contributed by atoms with Crippen molar-refractivity contribution in [3.63, 3.8) is 0 Å². The van der Waals surface area contributed by atoms with Crippen LogP contribution in [0.15, 0.2) is 42.7 Å². The van der Waals surface area contributed by atoms with Crippen LogP contribution in [0.3, 0.4) is 0 Å². The van der Waals surface area contributed by atoms with Gasteiger partial charge in [0, 0.05) is 24.5 Å². The van der Waals surface area contributed by atoms with Crippen LogP contribution in [-0.4, -0.2) is 63.6 Å². The Balaban J connectivity index is 0.000000339.